The third-order valence-corrected chi connectivity index (χ3v) is 6.27. The Hall–Kier alpha value is -2.86. The molecule has 0 atom stereocenters. The molecule has 1 aliphatic heterocycles. The zero-order valence-corrected chi connectivity index (χ0v) is 21.0. The van der Waals surface area contributed by atoms with Crippen LogP contribution in [0.15, 0.2) is 54.6 Å². The highest BCUT2D eigenvalue weighted by atomic mass is 16.5. The second-order valence-corrected chi connectivity index (χ2v) is 10.3. The molecule has 0 saturated carbocycles. The third-order valence-electron chi connectivity index (χ3n) is 6.27. The van der Waals surface area contributed by atoms with Gasteiger partial charge in [-0.2, -0.15) is 0 Å². The van der Waals surface area contributed by atoms with Crippen molar-refractivity contribution in [2.75, 3.05) is 46.9 Å². The maximum atomic E-state index is 12.8. The van der Waals surface area contributed by atoms with Gasteiger partial charge in [0.1, 0.15) is 5.75 Å². The molecule has 1 heterocycles. The molecule has 6 heteroatoms. The Balaban J connectivity index is 1.44. The first-order valence-electron chi connectivity index (χ1n) is 12.2. The van der Waals surface area contributed by atoms with Crippen molar-refractivity contribution in [2.45, 2.75) is 33.1 Å². The largest absolute Gasteiger partial charge is 0.483 e. The van der Waals surface area contributed by atoms with E-state index in [-0.39, 0.29) is 29.8 Å². The normalized spacial score (nSPS) is 14.8. The van der Waals surface area contributed by atoms with Gasteiger partial charge in [0.05, 0.1) is 0 Å². The summed E-state index contributed by atoms with van der Waals surface area (Å²) in [5, 5.41) is 3.12. The fourth-order valence-electron chi connectivity index (χ4n) is 4.61. The Bertz CT molecular complexity index is 935. The van der Waals surface area contributed by atoms with Gasteiger partial charge in [0.25, 0.3) is 5.91 Å². The maximum Gasteiger partial charge on any atom is 0.260 e. The molecule has 3 rings (SSSR count). The molecular weight excluding hydrogens is 426 g/mol. The summed E-state index contributed by atoms with van der Waals surface area (Å²) in [4.78, 5) is 29.4. The number of nitrogens with one attached hydrogen (secondary N) is 1. The van der Waals surface area contributed by atoms with Gasteiger partial charge in [-0.25, -0.2) is 0 Å². The first kappa shape index (κ1) is 25.8. The highest BCUT2D eigenvalue weighted by Crippen LogP contribution is 2.23. The number of benzene rings is 2. The van der Waals surface area contributed by atoms with Crippen molar-refractivity contribution in [3.05, 3.63) is 65.7 Å². The quantitative estimate of drug-likeness (QED) is 0.582. The van der Waals surface area contributed by atoms with E-state index < -0.39 is 0 Å². The van der Waals surface area contributed by atoms with Crippen LogP contribution in [0, 0.1) is 11.3 Å². The molecule has 184 valence electrons. The number of carbonyl (C=O) groups is 2. The Morgan fingerprint density at radius 1 is 1.03 bits per heavy atom. The molecule has 1 aliphatic rings. The topological polar surface area (TPSA) is 61.9 Å². The summed E-state index contributed by atoms with van der Waals surface area (Å²) in [7, 11) is 4.09. The van der Waals surface area contributed by atoms with Crippen LogP contribution in [0.25, 0.3) is 0 Å². The number of piperidine rings is 1. The van der Waals surface area contributed by atoms with Crippen LogP contribution in [-0.4, -0.2) is 68.5 Å². The molecule has 34 heavy (non-hydrogen) atoms. The zero-order valence-electron chi connectivity index (χ0n) is 21.0. The molecular formula is C28H39N3O3. The maximum absolute atomic E-state index is 12.8. The van der Waals surface area contributed by atoms with E-state index in [1.54, 1.807) is 0 Å². The molecule has 0 aliphatic carbocycles. The first-order valence-corrected chi connectivity index (χ1v) is 12.2. The molecule has 0 unspecified atom stereocenters. The average molecular weight is 466 g/mol. The standard InChI is InChI=1S/C28H39N3O3/c1-28(2,21-30(3)4)20-29-27(33)23-14-16-31(17-15-23)26(32)19-34-25-13-9-8-12-24(25)18-22-10-6-5-7-11-22/h5-13,23H,14-21H2,1-4H3,(H,29,33). The van der Waals surface area contributed by atoms with Gasteiger partial charge in [0.15, 0.2) is 6.61 Å². The number of hydrogen-bond donors (Lipinski definition) is 1. The van der Waals surface area contributed by atoms with Crippen LogP contribution in [-0.2, 0) is 16.0 Å². The lowest BCUT2D eigenvalue weighted by Crippen LogP contribution is -2.46. The number of ether oxygens (including phenoxy) is 1. The zero-order chi connectivity index (χ0) is 24.6. The second-order valence-electron chi connectivity index (χ2n) is 10.3. The number of nitrogens with zero attached hydrogens (tertiary/aromatic N) is 2. The summed E-state index contributed by atoms with van der Waals surface area (Å²) in [5.74, 6) is 0.784. The number of rotatable bonds is 10. The molecule has 0 bridgehead atoms. The van der Waals surface area contributed by atoms with Crippen molar-refractivity contribution in [3.63, 3.8) is 0 Å². The van der Waals surface area contributed by atoms with E-state index in [1.165, 1.54) is 5.56 Å². The molecule has 1 saturated heterocycles. The fraction of sp³-hybridized carbons (Fsp3) is 0.500. The van der Waals surface area contributed by atoms with Crippen molar-refractivity contribution in [1.82, 2.24) is 15.1 Å². The van der Waals surface area contributed by atoms with Crippen molar-refractivity contribution < 1.29 is 14.3 Å². The number of para-hydroxylation sites is 1. The molecule has 1 N–H and O–H groups in total. The smallest absolute Gasteiger partial charge is 0.260 e. The van der Waals surface area contributed by atoms with Crippen LogP contribution in [0.4, 0.5) is 0 Å². The lowest BCUT2D eigenvalue weighted by molar-refractivity contribution is -0.137. The Morgan fingerprint density at radius 2 is 1.68 bits per heavy atom. The first-order chi connectivity index (χ1) is 16.2. The van der Waals surface area contributed by atoms with Crippen LogP contribution in [0.5, 0.6) is 5.75 Å². The molecule has 2 aromatic rings. The predicted octanol–water partition coefficient (Wildman–Crippen LogP) is 3.60. The summed E-state index contributed by atoms with van der Waals surface area (Å²) in [6.45, 7) is 7.08. The van der Waals surface area contributed by atoms with Gasteiger partial charge < -0.3 is 19.9 Å². The molecule has 2 aromatic carbocycles. The van der Waals surface area contributed by atoms with Gasteiger partial charge in [-0.15, -0.1) is 0 Å². The predicted molar refractivity (Wildman–Crippen MR) is 136 cm³/mol. The van der Waals surface area contributed by atoms with Gasteiger partial charge in [-0.1, -0.05) is 62.4 Å². The average Bonchev–Trinajstić information content (AvgIpc) is 2.82. The van der Waals surface area contributed by atoms with E-state index in [0.717, 1.165) is 24.3 Å². The Kier molecular flexibility index (Phi) is 9.11. The van der Waals surface area contributed by atoms with Crippen LogP contribution in [0.3, 0.4) is 0 Å². The minimum absolute atomic E-state index is 0.0153. The summed E-state index contributed by atoms with van der Waals surface area (Å²) in [6.07, 6.45) is 2.14. The van der Waals surface area contributed by atoms with Gasteiger partial charge >= 0.3 is 0 Å². The highest BCUT2D eigenvalue weighted by Gasteiger charge is 2.29. The van der Waals surface area contributed by atoms with Crippen LogP contribution < -0.4 is 10.1 Å². The Labute approximate surface area is 204 Å². The van der Waals surface area contributed by atoms with Crippen LogP contribution >= 0.6 is 0 Å². The van der Waals surface area contributed by atoms with Crippen molar-refractivity contribution in [3.8, 4) is 5.75 Å². The second kappa shape index (κ2) is 12.0. The Morgan fingerprint density at radius 3 is 2.35 bits per heavy atom. The number of likely N-dealkylation sites (tertiary alicyclic amines) is 1. The van der Waals surface area contributed by atoms with Crippen LogP contribution in [0.2, 0.25) is 0 Å². The molecule has 0 radical (unpaired) electrons. The van der Waals surface area contributed by atoms with E-state index >= 15 is 0 Å². The number of amides is 2. The van der Waals surface area contributed by atoms with Crippen LogP contribution in [0.1, 0.15) is 37.8 Å². The monoisotopic (exact) mass is 465 g/mol. The molecule has 0 aromatic heterocycles. The van der Waals surface area contributed by atoms with Gasteiger partial charge in [0, 0.05) is 38.5 Å². The molecule has 2 amide bonds. The summed E-state index contributed by atoms with van der Waals surface area (Å²) in [5.41, 5.74) is 2.29. The SMILES string of the molecule is CN(C)CC(C)(C)CNC(=O)C1CCN(C(=O)COc2ccccc2Cc2ccccc2)CC1. The summed E-state index contributed by atoms with van der Waals surface area (Å²) < 4.78 is 5.93. The third kappa shape index (κ3) is 7.87. The van der Waals surface area contributed by atoms with Crippen molar-refractivity contribution >= 4 is 11.8 Å². The van der Waals surface area contributed by atoms with Crippen molar-refractivity contribution in [2.24, 2.45) is 11.3 Å². The molecule has 6 nitrogen and oxygen atoms in total. The summed E-state index contributed by atoms with van der Waals surface area (Å²) >= 11 is 0. The van der Waals surface area contributed by atoms with Gasteiger partial charge in [0.2, 0.25) is 5.91 Å². The number of hydrogen-bond acceptors (Lipinski definition) is 4. The lowest BCUT2D eigenvalue weighted by atomic mass is 9.91. The highest BCUT2D eigenvalue weighted by molar-refractivity contribution is 5.80. The van der Waals surface area contributed by atoms with E-state index in [0.29, 0.717) is 32.5 Å². The van der Waals surface area contributed by atoms with E-state index in [1.807, 2.05) is 61.5 Å². The van der Waals surface area contributed by atoms with Crippen molar-refractivity contribution in [1.29, 1.82) is 0 Å². The fourth-order valence-corrected chi connectivity index (χ4v) is 4.61. The lowest BCUT2D eigenvalue weighted by Gasteiger charge is -2.33. The van der Waals surface area contributed by atoms with Gasteiger partial charge in [-0.05, 0) is 49.5 Å². The van der Waals surface area contributed by atoms with E-state index in [2.05, 4.69) is 36.2 Å². The minimum atomic E-state index is -0.0354. The minimum Gasteiger partial charge on any atom is -0.483 e. The summed E-state index contributed by atoms with van der Waals surface area (Å²) in [6, 6.07) is 18.1. The number of carbonyl (C=O) groups excluding carboxylic acids is 2. The molecule has 1 fully saturated rings. The van der Waals surface area contributed by atoms with E-state index in [9.17, 15) is 9.59 Å². The van der Waals surface area contributed by atoms with E-state index in [4.69, 9.17) is 4.74 Å². The van der Waals surface area contributed by atoms with Gasteiger partial charge in [-0.3, -0.25) is 9.59 Å². The molecule has 0 spiro atoms.